The minimum absolute atomic E-state index is 0.183. The van der Waals surface area contributed by atoms with Crippen LogP contribution in [0.15, 0.2) is 28.7 Å². The number of aliphatic hydroxyl groups excluding tert-OH is 1. The summed E-state index contributed by atoms with van der Waals surface area (Å²) in [6.07, 6.45) is -0.676. The number of hydrogen-bond acceptors (Lipinski definition) is 3. The van der Waals surface area contributed by atoms with Crippen LogP contribution in [0.25, 0.3) is 0 Å². The summed E-state index contributed by atoms with van der Waals surface area (Å²) in [6, 6.07) is 7.01. The first-order chi connectivity index (χ1) is 7.63. The van der Waals surface area contributed by atoms with E-state index in [2.05, 4.69) is 21.2 Å². The Kier molecular flexibility index (Phi) is 5.45. The van der Waals surface area contributed by atoms with Gasteiger partial charge in [0.25, 0.3) is 5.91 Å². The Hall–Kier alpha value is -0.910. The first-order valence-electron chi connectivity index (χ1n) is 4.84. The van der Waals surface area contributed by atoms with Gasteiger partial charge in [-0.2, -0.15) is 0 Å². The average Bonchev–Trinajstić information content (AvgIpc) is 2.27. The van der Waals surface area contributed by atoms with Crippen LogP contribution < -0.4 is 5.32 Å². The second-order valence-corrected chi connectivity index (χ2v) is 4.24. The highest BCUT2D eigenvalue weighted by Crippen LogP contribution is 2.10. The Morgan fingerprint density at radius 1 is 1.50 bits per heavy atom. The standard InChI is InChI=1S/C11H14BrNO3/c1-16-7-10(14)6-13-11(15)8-2-4-9(12)5-3-8/h2-5,10,14H,6-7H2,1H3,(H,13,15). The molecule has 16 heavy (non-hydrogen) atoms. The van der Waals surface area contributed by atoms with Crippen LogP contribution in [0.1, 0.15) is 10.4 Å². The molecule has 0 aliphatic heterocycles. The van der Waals surface area contributed by atoms with Crippen LogP contribution in [0.2, 0.25) is 0 Å². The lowest BCUT2D eigenvalue weighted by Gasteiger charge is -2.10. The monoisotopic (exact) mass is 287 g/mol. The van der Waals surface area contributed by atoms with E-state index in [1.165, 1.54) is 7.11 Å². The molecule has 0 aromatic heterocycles. The van der Waals surface area contributed by atoms with Gasteiger partial charge in [0.2, 0.25) is 0 Å². The summed E-state index contributed by atoms with van der Waals surface area (Å²) in [5.74, 6) is -0.206. The quantitative estimate of drug-likeness (QED) is 0.855. The number of hydrogen-bond donors (Lipinski definition) is 2. The molecule has 0 aliphatic carbocycles. The van der Waals surface area contributed by atoms with E-state index in [4.69, 9.17) is 4.74 Å². The third kappa shape index (κ3) is 4.30. The fraction of sp³-hybridized carbons (Fsp3) is 0.364. The van der Waals surface area contributed by atoms with Crippen molar-refractivity contribution in [3.05, 3.63) is 34.3 Å². The number of halogens is 1. The normalized spacial score (nSPS) is 12.2. The van der Waals surface area contributed by atoms with Gasteiger partial charge in [0, 0.05) is 23.7 Å². The van der Waals surface area contributed by atoms with E-state index < -0.39 is 6.10 Å². The number of aliphatic hydroxyl groups is 1. The number of methoxy groups -OCH3 is 1. The lowest BCUT2D eigenvalue weighted by molar-refractivity contribution is 0.0610. The fourth-order valence-corrected chi connectivity index (χ4v) is 1.43. The van der Waals surface area contributed by atoms with Crippen molar-refractivity contribution in [2.24, 2.45) is 0 Å². The zero-order valence-electron chi connectivity index (χ0n) is 8.94. The Morgan fingerprint density at radius 2 is 2.12 bits per heavy atom. The number of ether oxygens (including phenoxy) is 1. The number of carbonyl (C=O) groups excluding carboxylic acids is 1. The molecule has 0 saturated carbocycles. The highest BCUT2D eigenvalue weighted by atomic mass is 79.9. The SMILES string of the molecule is COCC(O)CNC(=O)c1ccc(Br)cc1. The van der Waals surface area contributed by atoms with Gasteiger partial charge < -0.3 is 15.2 Å². The molecule has 4 nitrogen and oxygen atoms in total. The van der Waals surface area contributed by atoms with Crippen LogP contribution >= 0.6 is 15.9 Å². The van der Waals surface area contributed by atoms with Crippen LogP contribution in [0.4, 0.5) is 0 Å². The molecule has 2 N–H and O–H groups in total. The molecule has 1 aromatic rings. The highest BCUT2D eigenvalue weighted by Gasteiger charge is 2.08. The maximum Gasteiger partial charge on any atom is 0.251 e. The van der Waals surface area contributed by atoms with Crippen molar-refractivity contribution in [3.63, 3.8) is 0 Å². The summed E-state index contributed by atoms with van der Waals surface area (Å²) in [5.41, 5.74) is 0.563. The van der Waals surface area contributed by atoms with Crippen molar-refractivity contribution < 1.29 is 14.6 Å². The molecule has 0 saturated heterocycles. The number of carbonyl (C=O) groups is 1. The lowest BCUT2D eigenvalue weighted by atomic mass is 10.2. The van der Waals surface area contributed by atoms with Gasteiger partial charge in [-0.3, -0.25) is 4.79 Å². The van der Waals surface area contributed by atoms with Crippen molar-refractivity contribution in [1.29, 1.82) is 0 Å². The van der Waals surface area contributed by atoms with Gasteiger partial charge in [0.15, 0.2) is 0 Å². The highest BCUT2D eigenvalue weighted by molar-refractivity contribution is 9.10. The van der Waals surface area contributed by atoms with Crippen LogP contribution in [-0.2, 0) is 4.74 Å². The Labute approximate surface area is 103 Å². The van der Waals surface area contributed by atoms with Crippen LogP contribution in [0.3, 0.4) is 0 Å². The van der Waals surface area contributed by atoms with Gasteiger partial charge in [-0.15, -0.1) is 0 Å². The molecule has 0 fully saturated rings. The van der Waals surface area contributed by atoms with Crippen LogP contribution in [0.5, 0.6) is 0 Å². The molecular weight excluding hydrogens is 274 g/mol. The summed E-state index contributed by atoms with van der Waals surface area (Å²) in [6.45, 7) is 0.392. The molecular formula is C11H14BrNO3. The minimum atomic E-state index is -0.676. The fourth-order valence-electron chi connectivity index (χ4n) is 1.17. The molecule has 1 aromatic carbocycles. The zero-order valence-corrected chi connectivity index (χ0v) is 10.5. The van der Waals surface area contributed by atoms with Gasteiger partial charge in [-0.1, -0.05) is 15.9 Å². The van der Waals surface area contributed by atoms with Crippen molar-refractivity contribution in [2.45, 2.75) is 6.10 Å². The predicted molar refractivity (Wildman–Crippen MR) is 64.4 cm³/mol. The van der Waals surface area contributed by atoms with E-state index in [0.717, 1.165) is 4.47 Å². The van der Waals surface area contributed by atoms with Crippen molar-refractivity contribution >= 4 is 21.8 Å². The summed E-state index contributed by atoms with van der Waals surface area (Å²) in [5, 5.41) is 12.0. The molecule has 0 bridgehead atoms. The topological polar surface area (TPSA) is 58.6 Å². The second-order valence-electron chi connectivity index (χ2n) is 3.33. The molecule has 0 aliphatic rings. The van der Waals surface area contributed by atoms with Crippen LogP contribution in [-0.4, -0.2) is 37.4 Å². The maximum absolute atomic E-state index is 11.6. The smallest absolute Gasteiger partial charge is 0.251 e. The third-order valence-electron chi connectivity index (χ3n) is 1.96. The Bertz CT molecular complexity index is 340. The van der Waals surface area contributed by atoms with E-state index >= 15 is 0 Å². The Balaban J connectivity index is 2.43. The predicted octanol–water partition coefficient (Wildman–Crippen LogP) is 1.19. The van der Waals surface area contributed by atoms with Crippen molar-refractivity contribution in [1.82, 2.24) is 5.32 Å². The summed E-state index contributed by atoms with van der Waals surface area (Å²) in [4.78, 5) is 11.6. The summed E-state index contributed by atoms with van der Waals surface area (Å²) in [7, 11) is 1.50. The zero-order chi connectivity index (χ0) is 12.0. The molecule has 1 atom stereocenters. The maximum atomic E-state index is 11.6. The molecule has 0 heterocycles. The third-order valence-corrected chi connectivity index (χ3v) is 2.49. The first kappa shape index (κ1) is 13.2. The largest absolute Gasteiger partial charge is 0.389 e. The van der Waals surface area contributed by atoms with Gasteiger partial charge >= 0.3 is 0 Å². The van der Waals surface area contributed by atoms with Gasteiger partial charge in [-0.05, 0) is 24.3 Å². The van der Waals surface area contributed by atoms with Crippen molar-refractivity contribution in [2.75, 3.05) is 20.3 Å². The number of rotatable bonds is 5. The lowest BCUT2D eigenvalue weighted by Crippen LogP contribution is -2.34. The van der Waals surface area contributed by atoms with Crippen molar-refractivity contribution in [3.8, 4) is 0 Å². The number of benzene rings is 1. The average molecular weight is 288 g/mol. The van der Waals surface area contributed by atoms with E-state index in [0.29, 0.717) is 5.56 Å². The van der Waals surface area contributed by atoms with Gasteiger partial charge in [0.05, 0.1) is 12.7 Å². The van der Waals surface area contributed by atoms with E-state index in [9.17, 15) is 9.90 Å². The van der Waals surface area contributed by atoms with E-state index in [-0.39, 0.29) is 19.1 Å². The first-order valence-corrected chi connectivity index (χ1v) is 5.63. The van der Waals surface area contributed by atoms with Gasteiger partial charge in [-0.25, -0.2) is 0 Å². The minimum Gasteiger partial charge on any atom is -0.389 e. The molecule has 1 unspecified atom stereocenters. The molecule has 5 heteroatoms. The Morgan fingerprint density at radius 3 is 2.69 bits per heavy atom. The van der Waals surface area contributed by atoms with Gasteiger partial charge in [0.1, 0.15) is 0 Å². The molecule has 1 rings (SSSR count). The van der Waals surface area contributed by atoms with E-state index in [1.807, 2.05) is 0 Å². The molecule has 88 valence electrons. The second kappa shape index (κ2) is 6.62. The molecule has 0 radical (unpaired) electrons. The number of amides is 1. The van der Waals surface area contributed by atoms with Crippen LogP contribution in [0, 0.1) is 0 Å². The summed E-state index contributed by atoms with van der Waals surface area (Å²) >= 11 is 3.29. The summed E-state index contributed by atoms with van der Waals surface area (Å²) < 4.78 is 5.67. The van der Waals surface area contributed by atoms with E-state index in [1.54, 1.807) is 24.3 Å². The number of nitrogens with one attached hydrogen (secondary N) is 1. The molecule has 0 spiro atoms. The molecule has 1 amide bonds.